The summed E-state index contributed by atoms with van der Waals surface area (Å²) in [6.45, 7) is 1.98. The molecule has 0 fully saturated rings. The summed E-state index contributed by atoms with van der Waals surface area (Å²) >= 11 is 0. The van der Waals surface area contributed by atoms with E-state index in [9.17, 15) is 9.59 Å². The van der Waals surface area contributed by atoms with E-state index in [-0.39, 0.29) is 17.9 Å². The number of nitrogens with zero attached hydrogens (tertiary/aromatic N) is 5. The number of hydrogen-bond acceptors (Lipinski definition) is 6. The first kappa shape index (κ1) is 23.9. The monoisotopic (exact) mass is 494 g/mol. The van der Waals surface area contributed by atoms with Crippen molar-refractivity contribution in [3.8, 4) is 16.9 Å². The minimum absolute atomic E-state index is 0.0525. The molecule has 10 heteroatoms. The van der Waals surface area contributed by atoms with Crippen molar-refractivity contribution in [2.45, 2.75) is 32.2 Å². The third-order valence-corrected chi connectivity index (χ3v) is 6.00. The molecule has 0 radical (unpaired) electrons. The van der Waals surface area contributed by atoms with Gasteiger partial charge in [0.15, 0.2) is 0 Å². The Morgan fingerprint density at radius 3 is 2.95 bits per heavy atom. The van der Waals surface area contributed by atoms with Crippen LogP contribution in [0.15, 0.2) is 73.2 Å². The van der Waals surface area contributed by atoms with E-state index in [1.54, 1.807) is 17.0 Å². The zero-order chi connectivity index (χ0) is 25.6. The van der Waals surface area contributed by atoms with Crippen molar-refractivity contribution in [1.82, 2.24) is 35.5 Å². The fourth-order valence-corrected chi connectivity index (χ4v) is 4.17. The van der Waals surface area contributed by atoms with Crippen LogP contribution in [0.4, 0.5) is 5.69 Å². The van der Waals surface area contributed by atoms with Gasteiger partial charge in [0.25, 0.3) is 0 Å². The molecule has 2 amide bonds. The minimum Gasteiger partial charge on any atom is -0.342 e. The van der Waals surface area contributed by atoms with E-state index in [0.717, 1.165) is 28.1 Å². The highest BCUT2D eigenvalue weighted by Gasteiger charge is 2.18. The van der Waals surface area contributed by atoms with Gasteiger partial charge in [0.05, 0.1) is 29.3 Å². The molecule has 0 aliphatic carbocycles. The van der Waals surface area contributed by atoms with Crippen LogP contribution in [0.5, 0.6) is 0 Å². The smallest absolute Gasteiger partial charge is 0.244 e. The number of aromatic amines is 1. The van der Waals surface area contributed by atoms with Crippen LogP contribution < -0.4 is 10.6 Å². The van der Waals surface area contributed by atoms with Crippen molar-refractivity contribution < 1.29 is 9.59 Å². The second-order valence-corrected chi connectivity index (χ2v) is 8.73. The number of imidazole rings is 1. The number of carbonyl (C=O) groups is 2. The predicted octanol–water partition coefficient (Wildman–Crippen LogP) is 3.91. The average molecular weight is 495 g/mol. The van der Waals surface area contributed by atoms with Gasteiger partial charge in [-0.1, -0.05) is 42.0 Å². The molecule has 0 unspecified atom stereocenters. The molecule has 10 nitrogen and oxygen atoms in total. The van der Waals surface area contributed by atoms with Gasteiger partial charge in [0, 0.05) is 23.6 Å². The number of aromatic nitrogens is 6. The molecule has 186 valence electrons. The predicted molar refractivity (Wildman–Crippen MR) is 139 cm³/mol. The third-order valence-electron chi connectivity index (χ3n) is 6.00. The first-order valence-electron chi connectivity index (χ1n) is 12.0. The van der Waals surface area contributed by atoms with Crippen LogP contribution in [0.1, 0.15) is 42.3 Å². The molecule has 2 aromatic heterocycles. The second kappa shape index (κ2) is 10.8. The van der Waals surface area contributed by atoms with Gasteiger partial charge < -0.3 is 15.6 Å². The molecule has 2 aromatic carbocycles. The second-order valence-electron chi connectivity index (χ2n) is 8.73. The highest BCUT2D eigenvalue weighted by molar-refractivity contribution is 5.95. The molecule has 1 aliphatic heterocycles. The number of tetrazole rings is 1. The van der Waals surface area contributed by atoms with Gasteiger partial charge >= 0.3 is 0 Å². The average Bonchev–Trinajstić information content (AvgIpc) is 3.60. The van der Waals surface area contributed by atoms with E-state index in [1.807, 2.05) is 61.5 Å². The topological polar surface area (TPSA) is 130 Å². The van der Waals surface area contributed by atoms with Crippen molar-refractivity contribution in [2.75, 3.05) is 5.32 Å². The number of para-hydroxylation sites is 1. The molecular weight excluding hydrogens is 468 g/mol. The van der Waals surface area contributed by atoms with Crippen LogP contribution in [-0.4, -0.2) is 42.0 Å². The molecule has 0 spiro atoms. The van der Waals surface area contributed by atoms with Crippen LogP contribution in [-0.2, 0) is 9.59 Å². The Hall–Kier alpha value is -4.86. The van der Waals surface area contributed by atoms with Gasteiger partial charge in [-0.3, -0.25) is 9.59 Å². The van der Waals surface area contributed by atoms with Crippen molar-refractivity contribution in [3.05, 3.63) is 90.2 Å². The lowest BCUT2D eigenvalue weighted by atomic mass is 10.1. The molecule has 4 aromatic rings. The quantitative estimate of drug-likeness (QED) is 0.291. The number of H-pyrrole nitrogens is 1. The zero-order valence-corrected chi connectivity index (χ0v) is 20.3. The van der Waals surface area contributed by atoms with Gasteiger partial charge in [0.1, 0.15) is 12.2 Å². The Kier molecular flexibility index (Phi) is 6.98. The van der Waals surface area contributed by atoms with Crippen LogP contribution in [0.25, 0.3) is 23.0 Å². The van der Waals surface area contributed by atoms with Crippen molar-refractivity contribution >= 4 is 23.6 Å². The number of fused-ring (bicyclic) bond motifs is 4. The summed E-state index contributed by atoms with van der Waals surface area (Å²) < 4.78 is 1.55. The molecule has 2 bridgehead atoms. The summed E-state index contributed by atoms with van der Waals surface area (Å²) in [5.74, 6) is 0.317. The lowest BCUT2D eigenvalue weighted by Crippen LogP contribution is -2.27. The largest absolute Gasteiger partial charge is 0.342 e. The minimum atomic E-state index is -0.379. The van der Waals surface area contributed by atoms with Gasteiger partial charge in [-0.15, -0.1) is 5.10 Å². The van der Waals surface area contributed by atoms with Crippen LogP contribution in [0.3, 0.4) is 0 Å². The lowest BCUT2D eigenvalue weighted by molar-refractivity contribution is -0.117. The Morgan fingerprint density at radius 2 is 2.08 bits per heavy atom. The molecule has 3 heterocycles. The molecular formula is C27H26N8O2. The maximum atomic E-state index is 13.0. The van der Waals surface area contributed by atoms with Crippen molar-refractivity contribution in [3.63, 3.8) is 0 Å². The van der Waals surface area contributed by atoms with E-state index in [2.05, 4.69) is 36.1 Å². The summed E-state index contributed by atoms with van der Waals surface area (Å²) in [5, 5.41) is 17.4. The van der Waals surface area contributed by atoms with Gasteiger partial charge in [-0.2, -0.15) is 4.68 Å². The van der Waals surface area contributed by atoms with Crippen LogP contribution >= 0.6 is 0 Å². The first-order chi connectivity index (χ1) is 18.1. The Balaban J connectivity index is 1.39. The maximum absolute atomic E-state index is 13.0. The number of rotatable bonds is 4. The zero-order valence-electron chi connectivity index (χ0n) is 20.3. The summed E-state index contributed by atoms with van der Waals surface area (Å²) in [6, 6.07) is 13.0. The third kappa shape index (κ3) is 5.69. The van der Waals surface area contributed by atoms with Crippen molar-refractivity contribution in [2.24, 2.45) is 0 Å². The van der Waals surface area contributed by atoms with E-state index in [0.29, 0.717) is 30.8 Å². The number of nitrogens with one attached hydrogen (secondary N) is 3. The fraction of sp³-hybridized carbons (Fsp3) is 0.185. The number of aryl methyl sites for hydroxylation is 1. The highest BCUT2D eigenvalue weighted by Crippen LogP contribution is 2.28. The molecule has 0 saturated carbocycles. The lowest BCUT2D eigenvalue weighted by Gasteiger charge is -2.14. The number of amides is 2. The Bertz CT molecular complexity index is 1470. The standard InChI is InChI=1S/C27H26N8O2/c1-18-11-13-24(35-17-29-33-34-35)19(15-18)12-14-26(37)31-22-9-3-2-4-10-25(36)30-21-8-6-5-7-20(21)23-16-28-27(22)32-23/h2-3,5-8,11-17,22H,4,9-10H2,1H3,(H,28,32)(H,30,36)(H,31,37)/b3-2-,14-12+/t22-/m0/s1. The number of allylic oxidation sites excluding steroid dienone is 1. The summed E-state index contributed by atoms with van der Waals surface area (Å²) in [6.07, 6.45) is 11.9. The SMILES string of the molecule is Cc1ccc(-n2cnnn2)c(/C=C/C(=O)N[C@H]2C/C=C\CCC(=O)Nc3ccccc3-c3cnc2[nH]3)c1. The van der Waals surface area contributed by atoms with Gasteiger partial charge in [-0.05, 0) is 54.5 Å². The number of hydrogen-bond donors (Lipinski definition) is 3. The number of carbonyl (C=O) groups excluding carboxylic acids is 2. The van der Waals surface area contributed by atoms with E-state index >= 15 is 0 Å². The normalized spacial score (nSPS) is 16.7. The van der Waals surface area contributed by atoms with E-state index in [1.165, 1.54) is 12.4 Å². The van der Waals surface area contributed by atoms with Crippen molar-refractivity contribution in [1.29, 1.82) is 0 Å². The van der Waals surface area contributed by atoms with Crippen LogP contribution in [0, 0.1) is 6.92 Å². The fourth-order valence-electron chi connectivity index (χ4n) is 4.17. The molecule has 1 aliphatic rings. The van der Waals surface area contributed by atoms with Gasteiger partial charge in [-0.25, -0.2) is 4.98 Å². The van der Waals surface area contributed by atoms with E-state index < -0.39 is 0 Å². The number of anilines is 1. The van der Waals surface area contributed by atoms with E-state index in [4.69, 9.17) is 0 Å². The Labute approximate surface area is 213 Å². The van der Waals surface area contributed by atoms with Crippen LogP contribution in [0.2, 0.25) is 0 Å². The summed E-state index contributed by atoms with van der Waals surface area (Å²) in [4.78, 5) is 33.2. The highest BCUT2D eigenvalue weighted by atomic mass is 16.2. The molecule has 5 rings (SSSR count). The molecule has 3 N–H and O–H groups in total. The summed E-state index contributed by atoms with van der Waals surface area (Å²) in [7, 11) is 0. The maximum Gasteiger partial charge on any atom is 0.244 e. The van der Waals surface area contributed by atoms with Gasteiger partial charge in [0.2, 0.25) is 11.8 Å². The molecule has 0 saturated heterocycles. The molecule has 1 atom stereocenters. The molecule has 37 heavy (non-hydrogen) atoms. The summed E-state index contributed by atoms with van der Waals surface area (Å²) in [5.41, 5.74) is 4.93. The number of benzene rings is 2. The first-order valence-corrected chi connectivity index (χ1v) is 12.0. The Morgan fingerprint density at radius 1 is 1.19 bits per heavy atom.